The number of nitrogens with two attached hydrogens (primary N) is 1. The standard InChI is InChI=1S/C11H22N4S/c12-9-2-1-3-10(8-9)14-4-6-15(7-5-14)11(13)16/h9-10H,1-8,12H2,(H2,13,16)/p+1. The van der Waals surface area contributed by atoms with Gasteiger partial charge >= 0.3 is 0 Å². The van der Waals surface area contributed by atoms with Crippen molar-refractivity contribution in [1.29, 1.82) is 0 Å². The van der Waals surface area contributed by atoms with Crippen molar-refractivity contribution in [3.63, 3.8) is 0 Å². The number of quaternary nitrogens is 1. The number of thiocarbonyl (C=S) groups is 1. The highest BCUT2D eigenvalue weighted by Crippen LogP contribution is 2.22. The molecule has 0 aromatic rings. The molecule has 1 heterocycles. The Labute approximate surface area is 103 Å². The third-order valence-electron chi connectivity index (χ3n) is 3.87. The summed E-state index contributed by atoms with van der Waals surface area (Å²) in [6.45, 7) is 4.31. The maximum absolute atomic E-state index is 6.04. The Kier molecular flexibility index (Phi) is 4.13. The van der Waals surface area contributed by atoms with Crippen LogP contribution in [0.5, 0.6) is 0 Å². The van der Waals surface area contributed by atoms with E-state index in [0.717, 1.165) is 31.3 Å². The van der Waals surface area contributed by atoms with Crippen molar-refractivity contribution >= 4 is 17.3 Å². The first-order valence-electron chi connectivity index (χ1n) is 6.27. The van der Waals surface area contributed by atoms with Gasteiger partial charge in [0, 0.05) is 50.5 Å². The second-order valence-corrected chi connectivity index (χ2v) is 5.47. The molecule has 2 fully saturated rings. The van der Waals surface area contributed by atoms with Crippen LogP contribution in [0.4, 0.5) is 0 Å². The molecule has 2 aliphatic rings. The van der Waals surface area contributed by atoms with Crippen molar-refractivity contribution in [3.8, 4) is 0 Å². The van der Waals surface area contributed by atoms with Gasteiger partial charge in [-0.1, -0.05) is 6.42 Å². The van der Waals surface area contributed by atoms with E-state index in [1.165, 1.54) is 25.7 Å². The summed E-state index contributed by atoms with van der Waals surface area (Å²) in [7, 11) is 0. The quantitative estimate of drug-likeness (QED) is 0.604. The summed E-state index contributed by atoms with van der Waals surface area (Å²) in [5, 5.41) is 0.792. The lowest BCUT2D eigenvalue weighted by Gasteiger charge is -2.41. The van der Waals surface area contributed by atoms with E-state index in [1.807, 2.05) is 0 Å². The molecule has 0 aromatic carbocycles. The molecule has 1 aliphatic heterocycles. The molecule has 1 aliphatic carbocycles. The fourth-order valence-electron chi connectivity index (χ4n) is 2.87. The lowest BCUT2D eigenvalue weighted by molar-refractivity contribution is -0.229. The van der Waals surface area contributed by atoms with E-state index >= 15 is 0 Å². The third kappa shape index (κ3) is 2.91. The molecule has 2 unspecified atom stereocenters. The highest BCUT2D eigenvalue weighted by molar-refractivity contribution is 7.79. The third-order valence-corrected chi connectivity index (χ3v) is 4.13. The predicted octanol–water partition coefficient (Wildman–Crippen LogP) is -0.599. The Morgan fingerprint density at radius 3 is 2.44 bits per heavy atom. The monoisotopic (exact) mass is 243 g/mol. The molecule has 0 amide bonds. The van der Waals surface area contributed by atoms with Gasteiger partial charge in [-0.15, -0.1) is 0 Å². The van der Waals surface area contributed by atoms with Gasteiger partial charge in [-0.25, -0.2) is 0 Å². The molecular weight excluding hydrogens is 220 g/mol. The topological polar surface area (TPSA) is 60.1 Å². The second kappa shape index (κ2) is 5.40. The molecule has 0 aromatic heterocycles. The predicted molar refractivity (Wildman–Crippen MR) is 68.9 cm³/mol. The fourth-order valence-corrected chi connectivity index (χ4v) is 3.05. The van der Waals surface area contributed by atoms with Gasteiger partial charge in [0.15, 0.2) is 0 Å². The number of rotatable bonds is 1. The van der Waals surface area contributed by atoms with Gasteiger partial charge < -0.3 is 16.4 Å². The Bertz CT molecular complexity index is 250. The first-order chi connectivity index (χ1) is 7.66. The van der Waals surface area contributed by atoms with E-state index in [2.05, 4.69) is 15.5 Å². The van der Waals surface area contributed by atoms with Gasteiger partial charge in [0.05, 0.1) is 0 Å². The van der Waals surface area contributed by atoms with E-state index < -0.39 is 0 Å². The van der Waals surface area contributed by atoms with E-state index in [4.69, 9.17) is 18.0 Å². The Morgan fingerprint density at radius 2 is 1.88 bits per heavy atom. The number of hydrogen-bond donors (Lipinski definition) is 2. The molecule has 1 saturated carbocycles. The molecule has 2 atom stereocenters. The molecule has 5 N–H and O–H groups in total. The zero-order chi connectivity index (χ0) is 11.5. The molecule has 1 saturated heterocycles. The number of hydrogen-bond acceptors (Lipinski definition) is 3. The van der Waals surface area contributed by atoms with Crippen LogP contribution in [0.25, 0.3) is 0 Å². The van der Waals surface area contributed by atoms with Crippen molar-refractivity contribution in [2.45, 2.75) is 37.8 Å². The van der Waals surface area contributed by atoms with Crippen LogP contribution in [-0.4, -0.2) is 53.2 Å². The summed E-state index contributed by atoms with van der Waals surface area (Å²) in [6, 6.07) is 1.13. The highest BCUT2D eigenvalue weighted by Gasteiger charge is 2.28. The van der Waals surface area contributed by atoms with Crippen LogP contribution in [0.15, 0.2) is 0 Å². The zero-order valence-corrected chi connectivity index (χ0v) is 10.7. The molecule has 0 spiro atoms. The molecule has 0 radical (unpaired) electrons. The minimum absolute atomic E-state index is 0.422. The van der Waals surface area contributed by atoms with Crippen molar-refractivity contribution in [2.75, 3.05) is 26.2 Å². The van der Waals surface area contributed by atoms with Gasteiger partial charge in [-0.3, -0.25) is 4.90 Å². The lowest BCUT2D eigenvalue weighted by Crippen LogP contribution is -2.67. The molecule has 2 rings (SSSR count). The average Bonchev–Trinajstić information content (AvgIpc) is 2.29. The second-order valence-electron chi connectivity index (χ2n) is 5.00. The first-order valence-corrected chi connectivity index (χ1v) is 6.68. The van der Waals surface area contributed by atoms with Crippen molar-refractivity contribution < 1.29 is 5.73 Å². The van der Waals surface area contributed by atoms with Crippen LogP contribution in [0.2, 0.25) is 0 Å². The van der Waals surface area contributed by atoms with Crippen molar-refractivity contribution in [2.24, 2.45) is 5.73 Å². The molecule has 16 heavy (non-hydrogen) atoms. The van der Waals surface area contributed by atoms with Crippen LogP contribution in [0, 0.1) is 0 Å². The normalized spacial score (nSPS) is 32.8. The van der Waals surface area contributed by atoms with Crippen LogP contribution < -0.4 is 11.5 Å². The summed E-state index contributed by atoms with van der Waals surface area (Å²) in [4.78, 5) is 4.79. The maximum atomic E-state index is 6.04. The van der Waals surface area contributed by atoms with E-state index in [0.29, 0.717) is 12.1 Å². The van der Waals surface area contributed by atoms with Gasteiger partial charge in [0.25, 0.3) is 5.11 Å². The molecule has 4 nitrogen and oxygen atoms in total. The SMILES string of the molecule is NC1CCCC(N2CCN(C([NH3+])=S)CC2)C1. The molecule has 5 heteroatoms. The largest absolute Gasteiger partial charge is 0.328 e. The summed E-state index contributed by atoms with van der Waals surface area (Å²) >= 11 is 5.11. The van der Waals surface area contributed by atoms with Gasteiger partial charge in [-0.2, -0.15) is 0 Å². The average molecular weight is 243 g/mol. The van der Waals surface area contributed by atoms with Gasteiger partial charge in [0.2, 0.25) is 0 Å². The zero-order valence-electron chi connectivity index (χ0n) is 9.90. The molecular formula is C11H23N4S+. The summed E-state index contributed by atoms with van der Waals surface area (Å²) < 4.78 is 0. The lowest BCUT2D eigenvalue weighted by atomic mass is 9.90. The van der Waals surface area contributed by atoms with Crippen molar-refractivity contribution in [1.82, 2.24) is 9.80 Å². The Morgan fingerprint density at radius 1 is 1.19 bits per heavy atom. The number of piperazine rings is 1. The first kappa shape index (κ1) is 12.2. The van der Waals surface area contributed by atoms with Gasteiger partial charge in [-0.05, 0) is 19.3 Å². The minimum atomic E-state index is 0.422. The minimum Gasteiger partial charge on any atom is -0.328 e. The number of nitrogens with zero attached hydrogens (tertiary/aromatic N) is 2. The summed E-state index contributed by atoms with van der Waals surface area (Å²) in [5.74, 6) is 0. The van der Waals surface area contributed by atoms with Crippen molar-refractivity contribution in [3.05, 3.63) is 0 Å². The van der Waals surface area contributed by atoms with Crippen LogP contribution in [-0.2, 0) is 0 Å². The van der Waals surface area contributed by atoms with Crippen LogP contribution in [0.1, 0.15) is 25.7 Å². The van der Waals surface area contributed by atoms with E-state index in [9.17, 15) is 0 Å². The Hall–Kier alpha value is -0.230. The van der Waals surface area contributed by atoms with E-state index in [-0.39, 0.29) is 0 Å². The highest BCUT2D eigenvalue weighted by atomic mass is 32.1. The Balaban J connectivity index is 1.81. The summed E-state index contributed by atoms with van der Waals surface area (Å²) in [6.07, 6.45) is 5.00. The maximum Gasteiger partial charge on any atom is 0.267 e. The van der Waals surface area contributed by atoms with Crippen LogP contribution in [0.3, 0.4) is 0 Å². The van der Waals surface area contributed by atoms with Gasteiger partial charge in [0.1, 0.15) is 0 Å². The fraction of sp³-hybridized carbons (Fsp3) is 0.909. The summed E-state index contributed by atoms with van der Waals surface area (Å²) in [5.41, 5.74) is 9.87. The van der Waals surface area contributed by atoms with E-state index in [1.54, 1.807) is 0 Å². The molecule has 92 valence electrons. The van der Waals surface area contributed by atoms with Crippen LogP contribution >= 0.6 is 12.2 Å². The smallest absolute Gasteiger partial charge is 0.267 e. The molecule has 0 bridgehead atoms.